The van der Waals surface area contributed by atoms with Gasteiger partial charge in [-0.05, 0) is 55.2 Å². The Bertz CT molecular complexity index is 670. The number of hydrogen-bond donors (Lipinski definition) is 0. The van der Waals surface area contributed by atoms with E-state index in [0.29, 0.717) is 11.8 Å². The van der Waals surface area contributed by atoms with Crippen molar-refractivity contribution in [2.75, 3.05) is 40.4 Å². The first-order chi connectivity index (χ1) is 13.2. The fourth-order valence-electron chi connectivity index (χ4n) is 5.38. The molecule has 1 amide bonds. The Labute approximate surface area is 162 Å². The predicted molar refractivity (Wildman–Crippen MR) is 105 cm³/mol. The zero-order valence-electron chi connectivity index (χ0n) is 16.7. The summed E-state index contributed by atoms with van der Waals surface area (Å²) in [7, 11) is 3.39. The van der Waals surface area contributed by atoms with Crippen molar-refractivity contribution in [3.8, 4) is 11.5 Å². The lowest BCUT2D eigenvalue weighted by Gasteiger charge is -2.36. The van der Waals surface area contributed by atoms with Crippen molar-refractivity contribution in [3.05, 3.63) is 23.8 Å². The van der Waals surface area contributed by atoms with Crippen LogP contribution in [0.3, 0.4) is 0 Å². The fraction of sp³-hybridized carbons (Fsp3) is 0.682. The van der Waals surface area contributed by atoms with E-state index in [9.17, 15) is 4.79 Å². The summed E-state index contributed by atoms with van der Waals surface area (Å²) in [4.78, 5) is 17.2. The van der Waals surface area contributed by atoms with Crippen LogP contribution in [0.1, 0.15) is 37.7 Å². The van der Waals surface area contributed by atoms with Crippen molar-refractivity contribution >= 4 is 5.91 Å². The number of amides is 1. The highest BCUT2D eigenvalue weighted by molar-refractivity contribution is 5.76. The van der Waals surface area contributed by atoms with Gasteiger partial charge in [0.1, 0.15) is 11.5 Å². The molecular weight excluding hydrogens is 340 g/mol. The highest BCUT2D eigenvalue weighted by Crippen LogP contribution is 2.49. The molecule has 3 atom stereocenters. The number of fused-ring (bicyclic) bond motifs is 2. The molecule has 2 saturated carbocycles. The molecule has 1 aromatic rings. The summed E-state index contributed by atoms with van der Waals surface area (Å²) in [5.74, 6) is 4.54. The van der Waals surface area contributed by atoms with Gasteiger partial charge in [0.2, 0.25) is 5.91 Å². The Kier molecular flexibility index (Phi) is 5.58. The van der Waals surface area contributed by atoms with Gasteiger partial charge in [0.05, 0.1) is 14.2 Å². The van der Waals surface area contributed by atoms with Gasteiger partial charge in [0.25, 0.3) is 0 Å². The third-order valence-electron chi connectivity index (χ3n) is 6.93. The fourth-order valence-corrected chi connectivity index (χ4v) is 5.38. The summed E-state index contributed by atoms with van der Waals surface area (Å²) in [6, 6.07) is 5.93. The molecule has 3 unspecified atom stereocenters. The molecule has 0 aromatic heterocycles. The molecule has 3 aliphatic rings. The van der Waals surface area contributed by atoms with Crippen molar-refractivity contribution in [1.29, 1.82) is 0 Å². The van der Waals surface area contributed by atoms with Crippen molar-refractivity contribution < 1.29 is 14.3 Å². The zero-order valence-corrected chi connectivity index (χ0v) is 16.7. The quantitative estimate of drug-likeness (QED) is 0.769. The van der Waals surface area contributed by atoms with E-state index in [1.165, 1.54) is 25.7 Å². The molecule has 5 heteroatoms. The van der Waals surface area contributed by atoms with E-state index in [1.807, 2.05) is 18.2 Å². The summed E-state index contributed by atoms with van der Waals surface area (Å²) in [5, 5.41) is 0. The van der Waals surface area contributed by atoms with Crippen molar-refractivity contribution in [2.24, 2.45) is 17.8 Å². The Balaban J connectivity index is 1.28. The largest absolute Gasteiger partial charge is 0.497 e. The number of hydrogen-bond acceptors (Lipinski definition) is 4. The van der Waals surface area contributed by atoms with Gasteiger partial charge in [-0.1, -0.05) is 6.42 Å². The lowest BCUT2D eigenvalue weighted by molar-refractivity contribution is -0.134. The zero-order chi connectivity index (χ0) is 18.8. The number of carbonyl (C=O) groups is 1. The number of benzene rings is 1. The maximum absolute atomic E-state index is 12.8. The summed E-state index contributed by atoms with van der Waals surface area (Å²) in [6.45, 7) is 4.35. The number of ether oxygens (including phenoxy) is 2. The molecular formula is C22H32N2O3. The van der Waals surface area contributed by atoms with Gasteiger partial charge < -0.3 is 14.4 Å². The van der Waals surface area contributed by atoms with Gasteiger partial charge in [-0.2, -0.15) is 0 Å². The SMILES string of the molecule is COc1ccc(OC)c(CN2CCN(C(=O)CC3CC4CCC3C4)CC2)c1. The van der Waals surface area contributed by atoms with E-state index < -0.39 is 0 Å². The van der Waals surface area contributed by atoms with E-state index in [-0.39, 0.29) is 0 Å². The minimum atomic E-state index is 0.381. The Hall–Kier alpha value is -1.75. The number of nitrogens with zero attached hydrogens (tertiary/aromatic N) is 2. The van der Waals surface area contributed by atoms with Crippen molar-refractivity contribution in [3.63, 3.8) is 0 Å². The minimum absolute atomic E-state index is 0.381. The van der Waals surface area contributed by atoms with Crippen LogP contribution in [-0.4, -0.2) is 56.1 Å². The van der Waals surface area contributed by atoms with Crippen LogP contribution in [0.2, 0.25) is 0 Å². The molecule has 27 heavy (non-hydrogen) atoms. The highest BCUT2D eigenvalue weighted by Gasteiger charge is 2.40. The Morgan fingerprint density at radius 2 is 1.89 bits per heavy atom. The van der Waals surface area contributed by atoms with E-state index in [2.05, 4.69) is 9.80 Å². The van der Waals surface area contributed by atoms with Crippen LogP contribution >= 0.6 is 0 Å². The van der Waals surface area contributed by atoms with Crippen LogP contribution in [0.5, 0.6) is 11.5 Å². The summed E-state index contributed by atoms with van der Waals surface area (Å²) < 4.78 is 10.8. The third-order valence-corrected chi connectivity index (χ3v) is 6.93. The Morgan fingerprint density at radius 1 is 1.07 bits per heavy atom. The average molecular weight is 373 g/mol. The predicted octanol–water partition coefficient (Wildman–Crippen LogP) is 3.17. The van der Waals surface area contributed by atoms with Gasteiger partial charge >= 0.3 is 0 Å². The molecule has 1 heterocycles. The summed E-state index contributed by atoms with van der Waals surface area (Å²) >= 11 is 0. The molecule has 4 rings (SSSR count). The van der Waals surface area contributed by atoms with Crippen LogP contribution in [0.25, 0.3) is 0 Å². The second-order valence-corrected chi connectivity index (χ2v) is 8.47. The maximum Gasteiger partial charge on any atom is 0.222 e. The molecule has 3 fully saturated rings. The number of methoxy groups -OCH3 is 2. The number of rotatable bonds is 6. The molecule has 2 aliphatic carbocycles. The van der Waals surface area contributed by atoms with Gasteiger partial charge in [0, 0.05) is 44.7 Å². The van der Waals surface area contributed by atoms with Crippen LogP contribution < -0.4 is 9.47 Å². The van der Waals surface area contributed by atoms with E-state index in [0.717, 1.165) is 68.0 Å². The molecule has 148 valence electrons. The van der Waals surface area contributed by atoms with Crippen LogP contribution in [0, 0.1) is 17.8 Å². The van der Waals surface area contributed by atoms with Crippen LogP contribution in [0.15, 0.2) is 18.2 Å². The minimum Gasteiger partial charge on any atom is -0.497 e. The molecule has 0 N–H and O–H groups in total. The summed E-state index contributed by atoms with van der Waals surface area (Å²) in [6.07, 6.45) is 6.23. The smallest absolute Gasteiger partial charge is 0.222 e. The first-order valence-corrected chi connectivity index (χ1v) is 10.4. The molecule has 0 spiro atoms. The van der Waals surface area contributed by atoms with Gasteiger partial charge in [-0.3, -0.25) is 9.69 Å². The lowest BCUT2D eigenvalue weighted by Crippen LogP contribution is -2.48. The van der Waals surface area contributed by atoms with E-state index in [4.69, 9.17) is 9.47 Å². The molecule has 5 nitrogen and oxygen atoms in total. The second-order valence-electron chi connectivity index (χ2n) is 8.47. The van der Waals surface area contributed by atoms with Gasteiger partial charge in [0.15, 0.2) is 0 Å². The number of carbonyl (C=O) groups excluding carboxylic acids is 1. The van der Waals surface area contributed by atoms with Gasteiger partial charge in [-0.15, -0.1) is 0 Å². The normalized spacial score (nSPS) is 27.8. The lowest BCUT2D eigenvalue weighted by atomic mass is 9.86. The first-order valence-electron chi connectivity index (χ1n) is 10.4. The van der Waals surface area contributed by atoms with Gasteiger partial charge in [-0.25, -0.2) is 0 Å². The Morgan fingerprint density at radius 3 is 2.52 bits per heavy atom. The second kappa shape index (κ2) is 8.09. The molecule has 1 aromatic carbocycles. The van der Waals surface area contributed by atoms with E-state index >= 15 is 0 Å². The summed E-state index contributed by atoms with van der Waals surface area (Å²) in [5.41, 5.74) is 1.14. The van der Waals surface area contributed by atoms with Crippen LogP contribution in [-0.2, 0) is 11.3 Å². The molecule has 2 bridgehead atoms. The molecule has 0 radical (unpaired) electrons. The standard InChI is InChI=1S/C22H32N2O3/c1-26-20-5-6-21(27-2)19(13-20)15-23-7-9-24(10-8-23)22(25)14-18-12-16-3-4-17(18)11-16/h5-6,13,16-18H,3-4,7-12,14-15H2,1-2H3. The van der Waals surface area contributed by atoms with E-state index in [1.54, 1.807) is 14.2 Å². The monoisotopic (exact) mass is 372 g/mol. The average Bonchev–Trinajstić information content (AvgIpc) is 3.31. The van der Waals surface area contributed by atoms with Crippen LogP contribution in [0.4, 0.5) is 0 Å². The number of piperazine rings is 1. The maximum atomic E-state index is 12.8. The van der Waals surface area contributed by atoms with Crippen molar-refractivity contribution in [2.45, 2.75) is 38.6 Å². The van der Waals surface area contributed by atoms with Crippen molar-refractivity contribution in [1.82, 2.24) is 9.80 Å². The third kappa shape index (κ3) is 4.08. The topological polar surface area (TPSA) is 42.0 Å². The molecule has 1 saturated heterocycles. The highest BCUT2D eigenvalue weighted by atomic mass is 16.5. The molecule has 1 aliphatic heterocycles. The first kappa shape index (κ1) is 18.6.